The third kappa shape index (κ3) is 3.58. The van der Waals surface area contributed by atoms with E-state index in [1.807, 2.05) is 24.3 Å². The zero-order valence-corrected chi connectivity index (χ0v) is 13.4. The molecule has 1 aromatic carbocycles. The monoisotopic (exact) mass is 310 g/mol. The summed E-state index contributed by atoms with van der Waals surface area (Å²) in [6.45, 7) is 6.72. The van der Waals surface area contributed by atoms with Crippen molar-refractivity contribution in [2.75, 3.05) is 31.9 Å². The highest BCUT2D eigenvalue weighted by molar-refractivity contribution is 5.87. The molecular formula is C17H22N6. The smallest absolute Gasteiger partial charge is 0.145 e. The summed E-state index contributed by atoms with van der Waals surface area (Å²) in [5.74, 6) is 1.33. The van der Waals surface area contributed by atoms with E-state index in [1.165, 1.54) is 0 Å². The van der Waals surface area contributed by atoms with Crippen LogP contribution in [0.4, 0.5) is 5.82 Å². The van der Waals surface area contributed by atoms with Crippen LogP contribution in [0.2, 0.25) is 0 Å². The number of fused-ring (bicyclic) bond motifs is 1. The van der Waals surface area contributed by atoms with Gasteiger partial charge in [-0.25, -0.2) is 9.97 Å². The molecule has 1 aromatic heterocycles. The highest BCUT2D eigenvalue weighted by Gasteiger charge is 2.21. The molecule has 1 aliphatic heterocycles. The number of nitrogen functional groups attached to an aromatic ring is 1. The number of nitrogens with zero attached hydrogens (tertiary/aromatic N) is 5. The van der Waals surface area contributed by atoms with Crippen molar-refractivity contribution in [3.05, 3.63) is 30.1 Å². The second-order valence-electron chi connectivity index (χ2n) is 6.07. The standard InChI is InChI=1S/C17H22N6/c1-13(6-7-18)23-10-8-22(9-11-23)12-16-20-15-5-3-2-4-14(15)17(19)21-16/h2-5,13H,6,8-12H2,1H3,(H2,19,20,21)/t13-/m0/s1. The van der Waals surface area contributed by atoms with Gasteiger partial charge in [-0.1, -0.05) is 12.1 Å². The summed E-state index contributed by atoms with van der Waals surface area (Å²) in [6, 6.07) is 10.4. The molecule has 2 aromatic rings. The first kappa shape index (κ1) is 15.7. The summed E-state index contributed by atoms with van der Waals surface area (Å²) < 4.78 is 0. The molecule has 0 spiro atoms. The van der Waals surface area contributed by atoms with Gasteiger partial charge in [0.25, 0.3) is 0 Å². The number of para-hydroxylation sites is 1. The number of nitriles is 1. The average molecular weight is 310 g/mol. The number of anilines is 1. The van der Waals surface area contributed by atoms with Crippen molar-refractivity contribution in [2.45, 2.75) is 25.9 Å². The molecule has 6 heteroatoms. The molecule has 1 atom stereocenters. The Kier molecular flexibility index (Phi) is 4.70. The molecule has 1 fully saturated rings. The minimum Gasteiger partial charge on any atom is -0.383 e. The van der Waals surface area contributed by atoms with Gasteiger partial charge < -0.3 is 5.73 Å². The number of piperazine rings is 1. The molecule has 0 bridgehead atoms. The molecule has 0 saturated carbocycles. The Labute approximate surface area is 136 Å². The lowest BCUT2D eigenvalue weighted by Crippen LogP contribution is -2.49. The molecule has 2 N–H and O–H groups in total. The Morgan fingerprint density at radius 3 is 2.70 bits per heavy atom. The molecule has 120 valence electrons. The van der Waals surface area contributed by atoms with Gasteiger partial charge in [-0.05, 0) is 19.1 Å². The molecule has 1 saturated heterocycles. The summed E-state index contributed by atoms with van der Waals surface area (Å²) in [5, 5.41) is 9.72. The van der Waals surface area contributed by atoms with E-state index in [0.29, 0.717) is 18.3 Å². The van der Waals surface area contributed by atoms with E-state index in [2.05, 4.69) is 32.8 Å². The van der Waals surface area contributed by atoms with Crippen molar-refractivity contribution in [3.8, 4) is 6.07 Å². The van der Waals surface area contributed by atoms with Crippen molar-refractivity contribution < 1.29 is 0 Å². The molecule has 2 heterocycles. The van der Waals surface area contributed by atoms with E-state index in [1.54, 1.807) is 0 Å². The predicted molar refractivity (Wildman–Crippen MR) is 90.5 cm³/mol. The molecule has 0 unspecified atom stereocenters. The lowest BCUT2D eigenvalue weighted by molar-refractivity contribution is 0.0977. The van der Waals surface area contributed by atoms with Crippen molar-refractivity contribution in [1.29, 1.82) is 5.26 Å². The van der Waals surface area contributed by atoms with Crippen LogP contribution in [-0.4, -0.2) is 52.0 Å². The summed E-state index contributed by atoms with van der Waals surface area (Å²) >= 11 is 0. The lowest BCUT2D eigenvalue weighted by atomic mass is 10.2. The van der Waals surface area contributed by atoms with Gasteiger partial charge in [0.2, 0.25) is 0 Å². The largest absolute Gasteiger partial charge is 0.383 e. The topological polar surface area (TPSA) is 82.1 Å². The van der Waals surface area contributed by atoms with Crippen LogP contribution in [-0.2, 0) is 6.54 Å². The molecule has 6 nitrogen and oxygen atoms in total. The van der Waals surface area contributed by atoms with Gasteiger partial charge in [-0.3, -0.25) is 9.80 Å². The van der Waals surface area contributed by atoms with Crippen LogP contribution in [0, 0.1) is 11.3 Å². The Morgan fingerprint density at radius 1 is 1.22 bits per heavy atom. The summed E-state index contributed by atoms with van der Waals surface area (Å²) in [5.41, 5.74) is 6.95. The maximum atomic E-state index is 8.81. The molecule has 1 aliphatic rings. The van der Waals surface area contributed by atoms with E-state index in [0.717, 1.165) is 49.5 Å². The van der Waals surface area contributed by atoms with Gasteiger partial charge in [0, 0.05) is 37.6 Å². The van der Waals surface area contributed by atoms with E-state index in [4.69, 9.17) is 11.0 Å². The van der Waals surface area contributed by atoms with Gasteiger partial charge in [-0.2, -0.15) is 5.26 Å². The normalized spacial score (nSPS) is 17.9. The maximum absolute atomic E-state index is 8.81. The fourth-order valence-corrected chi connectivity index (χ4v) is 3.05. The van der Waals surface area contributed by atoms with Crippen LogP contribution in [0.25, 0.3) is 10.9 Å². The van der Waals surface area contributed by atoms with Gasteiger partial charge in [0.1, 0.15) is 11.6 Å². The fraction of sp³-hybridized carbons (Fsp3) is 0.471. The highest BCUT2D eigenvalue weighted by atomic mass is 15.3. The quantitative estimate of drug-likeness (QED) is 0.924. The zero-order valence-electron chi connectivity index (χ0n) is 13.4. The number of hydrogen-bond acceptors (Lipinski definition) is 6. The van der Waals surface area contributed by atoms with Crippen LogP contribution in [0.3, 0.4) is 0 Å². The first-order chi connectivity index (χ1) is 11.2. The first-order valence-electron chi connectivity index (χ1n) is 8.02. The summed E-state index contributed by atoms with van der Waals surface area (Å²) in [6.07, 6.45) is 0.588. The number of hydrogen-bond donors (Lipinski definition) is 1. The van der Waals surface area contributed by atoms with Gasteiger partial charge in [0.15, 0.2) is 0 Å². The van der Waals surface area contributed by atoms with Crippen LogP contribution in [0.15, 0.2) is 24.3 Å². The predicted octanol–water partition coefficient (Wildman–Crippen LogP) is 1.63. The number of nitrogens with two attached hydrogens (primary N) is 1. The second-order valence-corrected chi connectivity index (χ2v) is 6.07. The Hall–Kier alpha value is -2.23. The summed E-state index contributed by atoms with van der Waals surface area (Å²) in [7, 11) is 0. The third-order valence-corrected chi connectivity index (χ3v) is 4.46. The minimum absolute atomic E-state index is 0.328. The van der Waals surface area contributed by atoms with Crippen molar-refractivity contribution in [3.63, 3.8) is 0 Å². The minimum atomic E-state index is 0.328. The fourth-order valence-electron chi connectivity index (χ4n) is 3.05. The Balaban J connectivity index is 1.64. The van der Waals surface area contributed by atoms with Crippen LogP contribution < -0.4 is 5.73 Å². The average Bonchev–Trinajstić information content (AvgIpc) is 2.56. The van der Waals surface area contributed by atoms with E-state index >= 15 is 0 Å². The lowest BCUT2D eigenvalue weighted by Gasteiger charge is -2.37. The SMILES string of the molecule is C[C@@H](CC#N)N1CCN(Cc2nc(N)c3ccccc3n2)CC1. The molecular weight excluding hydrogens is 288 g/mol. The molecule has 3 rings (SSSR count). The number of rotatable bonds is 4. The Bertz CT molecular complexity index is 715. The van der Waals surface area contributed by atoms with E-state index < -0.39 is 0 Å². The van der Waals surface area contributed by atoms with Crippen molar-refractivity contribution >= 4 is 16.7 Å². The first-order valence-corrected chi connectivity index (χ1v) is 8.02. The Morgan fingerprint density at radius 2 is 1.96 bits per heavy atom. The maximum Gasteiger partial charge on any atom is 0.145 e. The summed E-state index contributed by atoms with van der Waals surface area (Å²) in [4.78, 5) is 13.8. The third-order valence-electron chi connectivity index (χ3n) is 4.46. The zero-order chi connectivity index (χ0) is 16.2. The van der Waals surface area contributed by atoms with Crippen LogP contribution in [0.5, 0.6) is 0 Å². The highest BCUT2D eigenvalue weighted by Crippen LogP contribution is 2.18. The van der Waals surface area contributed by atoms with Crippen LogP contribution in [0.1, 0.15) is 19.2 Å². The molecule has 0 radical (unpaired) electrons. The van der Waals surface area contributed by atoms with Crippen LogP contribution >= 0.6 is 0 Å². The number of aromatic nitrogens is 2. The molecule has 0 aliphatic carbocycles. The van der Waals surface area contributed by atoms with E-state index in [-0.39, 0.29) is 0 Å². The molecule has 23 heavy (non-hydrogen) atoms. The van der Waals surface area contributed by atoms with Gasteiger partial charge in [0.05, 0.1) is 24.6 Å². The van der Waals surface area contributed by atoms with Gasteiger partial charge >= 0.3 is 0 Å². The van der Waals surface area contributed by atoms with E-state index in [9.17, 15) is 0 Å². The van der Waals surface area contributed by atoms with Gasteiger partial charge in [-0.15, -0.1) is 0 Å². The van der Waals surface area contributed by atoms with Crippen molar-refractivity contribution in [2.24, 2.45) is 0 Å². The molecule has 0 amide bonds. The number of benzene rings is 1. The van der Waals surface area contributed by atoms with Crippen molar-refractivity contribution in [1.82, 2.24) is 19.8 Å². The second kappa shape index (κ2) is 6.90.